The number of aryl methyl sites for hydroxylation is 1. The summed E-state index contributed by atoms with van der Waals surface area (Å²) in [5.74, 6) is 0.873. The lowest BCUT2D eigenvalue weighted by molar-refractivity contribution is 0.0600. The van der Waals surface area contributed by atoms with Crippen molar-refractivity contribution in [3.05, 3.63) is 102 Å². The third kappa shape index (κ3) is 5.50. The van der Waals surface area contributed by atoms with E-state index < -0.39 is 16.0 Å². The lowest BCUT2D eigenvalue weighted by Crippen LogP contribution is -2.29. The first kappa shape index (κ1) is 26.4. The number of hydrogen-bond acceptors (Lipinski definition) is 7. The van der Waals surface area contributed by atoms with Crippen LogP contribution in [0, 0.1) is 6.92 Å². The van der Waals surface area contributed by atoms with E-state index in [9.17, 15) is 13.2 Å². The highest BCUT2D eigenvalue weighted by Crippen LogP contribution is 2.43. The molecule has 0 radical (unpaired) electrons. The second kappa shape index (κ2) is 10.5. The first-order chi connectivity index (χ1) is 18.6. The van der Waals surface area contributed by atoms with E-state index in [2.05, 4.69) is 15.0 Å². The minimum Gasteiger partial charge on any atom is -0.465 e. The first-order valence-electron chi connectivity index (χ1n) is 12.0. The second-order valence-electron chi connectivity index (χ2n) is 9.14. The van der Waals surface area contributed by atoms with E-state index in [0.717, 1.165) is 28.8 Å². The number of sulfonamides is 1. The van der Waals surface area contributed by atoms with Gasteiger partial charge in [-0.1, -0.05) is 18.2 Å². The van der Waals surface area contributed by atoms with Gasteiger partial charge in [0.15, 0.2) is 5.11 Å². The average molecular weight is 563 g/mol. The number of nitrogens with one attached hydrogen (secondary N) is 2. The van der Waals surface area contributed by atoms with Gasteiger partial charge in [-0.05, 0) is 79.3 Å². The van der Waals surface area contributed by atoms with E-state index in [-0.39, 0.29) is 12.1 Å². The van der Waals surface area contributed by atoms with Gasteiger partial charge in [-0.15, -0.1) is 0 Å². The fourth-order valence-electron chi connectivity index (χ4n) is 4.59. The summed E-state index contributed by atoms with van der Waals surface area (Å²) in [5, 5.41) is 3.87. The minimum absolute atomic E-state index is 0.312. The summed E-state index contributed by atoms with van der Waals surface area (Å²) in [6.45, 7) is 1.83. The SMILES string of the molecule is COC(=O)c1ccc(-c2ccc([C@@H]3[C@@H](c4ccccn4)NC(=S)N3c3ccc(NS(C)(=O)=O)c(C)c3)o2)cc1. The fraction of sp³-hybridized carbons (Fsp3) is 0.179. The standard InChI is InChI=1S/C28H26N4O5S2/c1-17-16-20(11-12-21(17)31-39(3,34)35)32-26(25(30-28(32)38)22-6-4-5-15-29-22)24-14-13-23(37-24)18-7-9-19(10-8-18)27(33)36-2/h4-16,25-26,31H,1-3H3,(H,30,38)/t25-,26-/m1/s1. The number of esters is 1. The maximum Gasteiger partial charge on any atom is 0.337 e. The molecule has 3 heterocycles. The molecular weight excluding hydrogens is 536 g/mol. The highest BCUT2D eigenvalue weighted by Gasteiger charge is 2.42. The molecule has 0 saturated carbocycles. The molecule has 5 rings (SSSR count). The van der Waals surface area contributed by atoms with Gasteiger partial charge >= 0.3 is 5.97 Å². The summed E-state index contributed by atoms with van der Waals surface area (Å²) >= 11 is 5.78. The number of thiocarbonyl (C=S) groups is 1. The molecule has 2 aromatic carbocycles. The number of nitrogens with zero attached hydrogens (tertiary/aromatic N) is 2. The van der Waals surface area contributed by atoms with Gasteiger partial charge in [0, 0.05) is 17.4 Å². The molecule has 1 aliphatic heterocycles. The maximum atomic E-state index is 11.8. The summed E-state index contributed by atoms with van der Waals surface area (Å²) in [6.07, 6.45) is 2.84. The third-order valence-corrected chi connectivity index (χ3v) is 7.30. The Balaban J connectivity index is 1.54. The van der Waals surface area contributed by atoms with Gasteiger partial charge in [0.1, 0.15) is 17.6 Å². The van der Waals surface area contributed by atoms with Crippen LogP contribution in [-0.4, -0.2) is 37.8 Å². The largest absolute Gasteiger partial charge is 0.465 e. The number of benzene rings is 2. The number of furan rings is 1. The average Bonchev–Trinajstić information content (AvgIpc) is 3.54. The molecule has 39 heavy (non-hydrogen) atoms. The summed E-state index contributed by atoms with van der Waals surface area (Å²) < 4.78 is 37.2. The Labute approximate surface area is 231 Å². The van der Waals surface area contributed by atoms with Crippen LogP contribution in [0.2, 0.25) is 0 Å². The van der Waals surface area contributed by atoms with Crippen molar-refractivity contribution in [2.75, 3.05) is 23.0 Å². The molecule has 200 valence electrons. The van der Waals surface area contributed by atoms with E-state index in [4.69, 9.17) is 21.4 Å². The van der Waals surface area contributed by atoms with Crippen LogP contribution in [0.4, 0.5) is 11.4 Å². The van der Waals surface area contributed by atoms with Crippen LogP contribution >= 0.6 is 12.2 Å². The Morgan fingerprint density at radius 2 is 1.87 bits per heavy atom. The van der Waals surface area contributed by atoms with Crippen molar-refractivity contribution in [2.24, 2.45) is 0 Å². The number of carbonyl (C=O) groups excluding carboxylic acids is 1. The molecule has 2 N–H and O–H groups in total. The lowest BCUT2D eigenvalue weighted by Gasteiger charge is -2.26. The Kier molecular flexibility index (Phi) is 7.11. The third-order valence-electron chi connectivity index (χ3n) is 6.39. The highest BCUT2D eigenvalue weighted by molar-refractivity contribution is 7.92. The molecule has 0 aliphatic carbocycles. The Morgan fingerprint density at radius 3 is 2.51 bits per heavy atom. The van der Waals surface area contributed by atoms with Crippen molar-refractivity contribution in [1.29, 1.82) is 0 Å². The normalized spacial score (nSPS) is 17.1. The molecule has 2 aromatic heterocycles. The number of carbonyl (C=O) groups is 1. The van der Waals surface area contributed by atoms with E-state index >= 15 is 0 Å². The van der Waals surface area contributed by atoms with E-state index in [1.165, 1.54) is 7.11 Å². The molecule has 1 fully saturated rings. The van der Waals surface area contributed by atoms with Crippen molar-refractivity contribution in [3.63, 3.8) is 0 Å². The first-order valence-corrected chi connectivity index (χ1v) is 14.3. The molecule has 0 spiro atoms. The van der Waals surface area contributed by atoms with Gasteiger partial charge in [-0.25, -0.2) is 13.2 Å². The molecule has 1 aliphatic rings. The zero-order valence-electron chi connectivity index (χ0n) is 21.4. The number of aromatic nitrogens is 1. The van der Waals surface area contributed by atoms with Gasteiger partial charge < -0.3 is 19.4 Å². The van der Waals surface area contributed by atoms with Crippen LogP contribution in [0.25, 0.3) is 11.3 Å². The topological polar surface area (TPSA) is 114 Å². The monoisotopic (exact) mass is 562 g/mol. The van der Waals surface area contributed by atoms with Crippen molar-refractivity contribution in [1.82, 2.24) is 10.3 Å². The minimum atomic E-state index is -3.42. The van der Waals surface area contributed by atoms with Crippen LogP contribution in [0.3, 0.4) is 0 Å². The number of pyridine rings is 1. The van der Waals surface area contributed by atoms with Gasteiger partial charge in [0.05, 0.1) is 36.4 Å². The number of hydrogen-bond donors (Lipinski definition) is 2. The van der Waals surface area contributed by atoms with Crippen LogP contribution in [0.1, 0.15) is 39.5 Å². The van der Waals surface area contributed by atoms with Crippen LogP contribution in [0.15, 0.2) is 83.4 Å². The molecule has 1 saturated heterocycles. The Bertz CT molecular complexity index is 1640. The van der Waals surface area contributed by atoms with Gasteiger partial charge in [-0.3, -0.25) is 9.71 Å². The zero-order valence-corrected chi connectivity index (χ0v) is 23.0. The van der Waals surface area contributed by atoms with E-state index in [0.29, 0.717) is 27.9 Å². The number of rotatable bonds is 7. The Morgan fingerprint density at radius 1 is 1.10 bits per heavy atom. The van der Waals surface area contributed by atoms with Gasteiger partial charge in [0.25, 0.3) is 0 Å². The maximum absolute atomic E-state index is 11.8. The Hall–Kier alpha value is -4.22. The quantitative estimate of drug-likeness (QED) is 0.238. The second-order valence-corrected chi connectivity index (χ2v) is 11.3. The molecular formula is C28H26N4O5S2. The summed E-state index contributed by atoms with van der Waals surface area (Å²) in [6, 6.07) is 21.2. The summed E-state index contributed by atoms with van der Waals surface area (Å²) in [4.78, 5) is 18.3. The zero-order chi connectivity index (χ0) is 27.7. The van der Waals surface area contributed by atoms with Gasteiger partial charge in [-0.2, -0.15) is 0 Å². The number of anilines is 2. The smallest absolute Gasteiger partial charge is 0.337 e. The van der Waals surface area contributed by atoms with Crippen LogP contribution in [-0.2, 0) is 14.8 Å². The van der Waals surface area contributed by atoms with Gasteiger partial charge in [0.2, 0.25) is 10.0 Å². The van der Waals surface area contributed by atoms with Crippen LogP contribution in [0.5, 0.6) is 0 Å². The van der Waals surface area contributed by atoms with E-state index in [1.54, 1.807) is 36.5 Å². The summed E-state index contributed by atoms with van der Waals surface area (Å²) in [5.41, 5.74) is 4.05. The van der Waals surface area contributed by atoms with Crippen molar-refractivity contribution in [3.8, 4) is 11.3 Å². The molecule has 0 amide bonds. The fourth-order valence-corrected chi connectivity index (χ4v) is 5.56. The predicted molar refractivity (Wildman–Crippen MR) is 153 cm³/mol. The molecule has 0 unspecified atom stereocenters. The lowest BCUT2D eigenvalue weighted by atomic mass is 10.0. The van der Waals surface area contributed by atoms with E-state index in [1.807, 2.05) is 54.3 Å². The molecule has 0 bridgehead atoms. The van der Waals surface area contributed by atoms with Crippen molar-refractivity contribution in [2.45, 2.75) is 19.0 Å². The predicted octanol–water partition coefficient (Wildman–Crippen LogP) is 4.99. The van der Waals surface area contributed by atoms with Crippen molar-refractivity contribution < 1.29 is 22.4 Å². The molecule has 2 atom stereocenters. The molecule has 4 aromatic rings. The number of methoxy groups -OCH3 is 1. The molecule has 11 heteroatoms. The summed E-state index contributed by atoms with van der Waals surface area (Å²) in [7, 11) is -2.08. The number of ether oxygens (including phenoxy) is 1. The van der Waals surface area contributed by atoms with Crippen LogP contribution < -0.4 is 14.9 Å². The van der Waals surface area contributed by atoms with Crippen molar-refractivity contribution >= 4 is 44.7 Å². The molecule has 9 nitrogen and oxygen atoms in total. The highest BCUT2D eigenvalue weighted by atomic mass is 32.2.